The molecule has 0 unspecified atom stereocenters. The number of hydrogen-bond acceptors (Lipinski definition) is 4. The number of nitrogens with one attached hydrogen (secondary N) is 1. The van der Waals surface area contributed by atoms with Gasteiger partial charge in [-0.25, -0.2) is 4.39 Å². The van der Waals surface area contributed by atoms with Gasteiger partial charge in [-0.3, -0.25) is 4.79 Å². The molecule has 7 heteroatoms. The molecule has 0 heterocycles. The minimum absolute atomic E-state index is 0.168. The Labute approximate surface area is 147 Å². The first-order chi connectivity index (χ1) is 11.6. The fraction of sp³-hybridized carbons (Fsp3) is 0.235. The summed E-state index contributed by atoms with van der Waals surface area (Å²) in [5.74, 6) is 0.966. The van der Waals surface area contributed by atoms with Gasteiger partial charge < -0.3 is 19.5 Å². The van der Waals surface area contributed by atoms with Crippen LogP contribution < -0.4 is 19.5 Å². The highest BCUT2D eigenvalue weighted by Crippen LogP contribution is 2.26. The second-order valence-electron chi connectivity index (χ2n) is 4.71. The number of rotatable bonds is 8. The Kier molecular flexibility index (Phi) is 6.87. The molecule has 128 valence electrons. The molecule has 0 spiro atoms. The molecule has 0 fully saturated rings. The lowest BCUT2D eigenvalue weighted by Gasteiger charge is -2.11. The van der Waals surface area contributed by atoms with Crippen LogP contribution >= 0.6 is 15.9 Å². The Bertz CT molecular complexity index is 696. The van der Waals surface area contributed by atoms with Gasteiger partial charge in [0, 0.05) is 0 Å². The number of carbonyl (C=O) groups excluding carboxylic acids is 1. The smallest absolute Gasteiger partial charge is 0.258 e. The van der Waals surface area contributed by atoms with Gasteiger partial charge in [0.15, 0.2) is 18.1 Å². The second kappa shape index (κ2) is 9.12. The summed E-state index contributed by atoms with van der Waals surface area (Å²) in [6.45, 7) is 0.454. The molecule has 0 aromatic heterocycles. The Morgan fingerprint density at radius 2 is 1.88 bits per heavy atom. The number of halogens is 2. The van der Waals surface area contributed by atoms with Gasteiger partial charge in [0.2, 0.25) is 0 Å². The maximum atomic E-state index is 13.0. The highest BCUT2D eigenvalue weighted by Gasteiger charge is 2.07. The first kappa shape index (κ1) is 18.1. The molecule has 5 nitrogen and oxygen atoms in total. The van der Waals surface area contributed by atoms with Crippen LogP contribution in [-0.2, 0) is 4.79 Å². The normalized spacial score (nSPS) is 10.1. The molecule has 0 bridgehead atoms. The average molecular weight is 398 g/mol. The summed E-state index contributed by atoms with van der Waals surface area (Å²) in [6, 6.07) is 11.3. The van der Waals surface area contributed by atoms with Crippen molar-refractivity contribution in [1.82, 2.24) is 5.32 Å². The summed E-state index contributed by atoms with van der Waals surface area (Å²) in [7, 11) is 1.56. The molecule has 0 saturated carbocycles. The highest BCUT2D eigenvalue weighted by molar-refractivity contribution is 9.10. The number of methoxy groups -OCH3 is 1. The Balaban J connectivity index is 1.70. The van der Waals surface area contributed by atoms with Gasteiger partial charge in [0.25, 0.3) is 5.91 Å². The molecule has 2 rings (SSSR count). The van der Waals surface area contributed by atoms with Crippen LogP contribution in [0.15, 0.2) is 46.9 Å². The maximum Gasteiger partial charge on any atom is 0.258 e. The van der Waals surface area contributed by atoms with Crippen LogP contribution in [0.1, 0.15) is 0 Å². The zero-order valence-corrected chi connectivity index (χ0v) is 14.6. The van der Waals surface area contributed by atoms with E-state index in [1.807, 2.05) is 12.1 Å². The molecule has 0 aliphatic carbocycles. The van der Waals surface area contributed by atoms with E-state index in [-0.39, 0.29) is 18.3 Å². The van der Waals surface area contributed by atoms with Crippen molar-refractivity contribution in [2.45, 2.75) is 0 Å². The lowest BCUT2D eigenvalue weighted by molar-refractivity contribution is -0.123. The van der Waals surface area contributed by atoms with Crippen LogP contribution in [0.3, 0.4) is 0 Å². The Hall–Kier alpha value is -2.28. The lowest BCUT2D eigenvalue weighted by Crippen LogP contribution is -2.32. The summed E-state index contributed by atoms with van der Waals surface area (Å²) in [6.07, 6.45) is 0. The number of hydrogen-bond donors (Lipinski definition) is 1. The third-order valence-corrected chi connectivity index (χ3v) is 3.62. The fourth-order valence-corrected chi connectivity index (χ4v) is 2.34. The van der Waals surface area contributed by atoms with Crippen molar-refractivity contribution in [3.05, 3.63) is 52.8 Å². The molecule has 1 amide bonds. The van der Waals surface area contributed by atoms with E-state index in [2.05, 4.69) is 21.2 Å². The summed E-state index contributed by atoms with van der Waals surface area (Å²) in [5, 5.41) is 2.67. The van der Waals surface area contributed by atoms with Gasteiger partial charge in [-0.2, -0.15) is 0 Å². The molecular weight excluding hydrogens is 381 g/mol. The Morgan fingerprint density at radius 3 is 2.58 bits per heavy atom. The predicted octanol–water partition coefficient (Wildman–Crippen LogP) is 3.17. The third-order valence-electron chi connectivity index (χ3n) is 3.00. The van der Waals surface area contributed by atoms with Gasteiger partial charge in [0.05, 0.1) is 18.1 Å². The zero-order chi connectivity index (χ0) is 17.4. The van der Waals surface area contributed by atoms with E-state index in [0.717, 1.165) is 0 Å². The molecule has 1 N–H and O–H groups in total. The zero-order valence-electron chi connectivity index (χ0n) is 13.1. The predicted molar refractivity (Wildman–Crippen MR) is 91.1 cm³/mol. The van der Waals surface area contributed by atoms with Crippen molar-refractivity contribution in [2.75, 3.05) is 26.9 Å². The second-order valence-corrected chi connectivity index (χ2v) is 5.57. The van der Waals surface area contributed by atoms with Crippen LogP contribution in [0.2, 0.25) is 0 Å². The van der Waals surface area contributed by atoms with E-state index >= 15 is 0 Å². The van der Waals surface area contributed by atoms with Gasteiger partial charge in [-0.05, 0) is 46.3 Å². The number of carbonyl (C=O) groups is 1. The standard InChI is InChI=1S/C17H17BrFNO4/c1-22-15-4-2-3-5-16(15)23-9-8-20-17(21)11-24-14-7-6-12(19)10-13(14)18/h2-7,10H,8-9,11H2,1H3,(H,20,21). The minimum Gasteiger partial charge on any atom is -0.493 e. The third kappa shape index (κ3) is 5.42. The SMILES string of the molecule is COc1ccccc1OCCNC(=O)COc1ccc(F)cc1Br. The molecule has 2 aromatic rings. The summed E-state index contributed by atoms with van der Waals surface area (Å²) < 4.78 is 29.4. The molecule has 2 aromatic carbocycles. The largest absolute Gasteiger partial charge is 0.493 e. The van der Waals surface area contributed by atoms with E-state index in [9.17, 15) is 9.18 Å². The van der Waals surface area contributed by atoms with E-state index in [4.69, 9.17) is 14.2 Å². The van der Waals surface area contributed by atoms with Crippen LogP contribution in [0.25, 0.3) is 0 Å². The highest BCUT2D eigenvalue weighted by atomic mass is 79.9. The summed E-state index contributed by atoms with van der Waals surface area (Å²) in [5.41, 5.74) is 0. The van der Waals surface area contributed by atoms with E-state index < -0.39 is 0 Å². The summed E-state index contributed by atoms with van der Waals surface area (Å²) in [4.78, 5) is 11.7. The van der Waals surface area contributed by atoms with Gasteiger partial charge in [0.1, 0.15) is 18.2 Å². The first-order valence-electron chi connectivity index (χ1n) is 7.20. The molecule has 0 radical (unpaired) electrons. The molecule has 0 aliphatic heterocycles. The first-order valence-corrected chi connectivity index (χ1v) is 8.00. The minimum atomic E-state index is -0.382. The summed E-state index contributed by atoms with van der Waals surface area (Å²) >= 11 is 3.17. The van der Waals surface area contributed by atoms with Crippen LogP contribution in [0.4, 0.5) is 4.39 Å². The molecule has 0 aliphatic rings. The van der Waals surface area contributed by atoms with Crippen molar-refractivity contribution < 1.29 is 23.4 Å². The van der Waals surface area contributed by atoms with Crippen LogP contribution in [-0.4, -0.2) is 32.8 Å². The van der Waals surface area contributed by atoms with Gasteiger partial charge >= 0.3 is 0 Å². The van der Waals surface area contributed by atoms with Crippen molar-refractivity contribution in [2.24, 2.45) is 0 Å². The van der Waals surface area contributed by atoms with Gasteiger partial charge in [-0.15, -0.1) is 0 Å². The monoisotopic (exact) mass is 397 g/mol. The number of ether oxygens (including phenoxy) is 3. The van der Waals surface area contributed by atoms with Crippen molar-refractivity contribution in [3.8, 4) is 17.2 Å². The number of amides is 1. The van der Waals surface area contributed by atoms with Crippen molar-refractivity contribution in [1.29, 1.82) is 0 Å². The van der Waals surface area contributed by atoms with Crippen molar-refractivity contribution in [3.63, 3.8) is 0 Å². The van der Waals surface area contributed by atoms with Crippen molar-refractivity contribution >= 4 is 21.8 Å². The topological polar surface area (TPSA) is 56.8 Å². The maximum absolute atomic E-state index is 13.0. The van der Waals surface area contributed by atoms with Crippen LogP contribution in [0.5, 0.6) is 17.2 Å². The quantitative estimate of drug-likeness (QED) is 0.695. The molecule has 0 saturated heterocycles. The van der Waals surface area contributed by atoms with E-state index in [1.54, 1.807) is 19.2 Å². The number of para-hydroxylation sites is 2. The molecule has 0 atom stereocenters. The molecule has 24 heavy (non-hydrogen) atoms. The van der Waals surface area contributed by atoms with E-state index in [0.29, 0.717) is 34.9 Å². The van der Waals surface area contributed by atoms with Crippen LogP contribution in [0, 0.1) is 5.82 Å². The number of benzene rings is 2. The fourth-order valence-electron chi connectivity index (χ4n) is 1.88. The molecular formula is C17H17BrFNO4. The Morgan fingerprint density at radius 1 is 1.12 bits per heavy atom. The van der Waals surface area contributed by atoms with Gasteiger partial charge in [-0.1, -0.05) is 12.1 Å². The lowest BCUT2D eigenvalue weighted by atomic mass is 10.3. The van der Waals surface area contributed by atoms with E-state index in [1.165, 1.54) is 18.2 Å². The average Bonchev–Trinajstić information content (AvgIpc) is 2.58.